The van der Waals surface area contributed by atoms with Gasteiger partial charge in [0.2, 0.25) is 0 Å². The third-order valence-corrected chi connectivity index (χ3v) is 1.42. The number of hydrogen-bond acceptors (Lipinski definition) is 5. The van der Waals surface area contributed by atoms with Crippen molar-refractivity contribution in [2.24, 2.45) is 0 Å². The van der Waals surface area contributed by atoms with Gasteiger partial charge in [-0.3, -0.25) is 14.9 Å². The maximum absolute atomic E-state index is 10.9. The maximum Gasteiger partial charge on any atom is 0.414 e. The molecule has 0 fully saturated rings. The van der Waals surface area contributed by atoms with Gasteiger partial charge < -0.3 is 15.2 Å². The third kappa shape index (κ3) is 6.66. The molecule has 0 spiro atoms. The number of amides is 3. The van der Waals surface area contributed by atoms with Crippen molar-refractivity contribution in [3.63, 3.8) is 0 Å². The topological polar surface area (TPSA) is 122 Å². The largest absolute Gasteiger partial charge is 0.474 e. The molecule has 8 heteroatoms. The summed E-state index contributed by atoms with van der Waals surface area (Å²) in [7, 11) is 0. The Morgan fingerprint density at radius 1 is 1.24 bits per heavy atom. The van der Waals surface area contributed by atoms with E-state index >= 15 is 0 Å². The number of alkyl carbamates (subject to hydrolysis) is 1. The molecule has 0 atom stereocenters. The van der Waals surface area contributed by atoms with Crippen LogP contribution in [0, 0.1) is 0 Å². The average molecular weight is 244 g/mol. The molecule has 94 valence electrons. The number of imide groups is 1. The van der Waals surface area contributed by atoms with Crippen LogP contribution in [0.4, 0.5) is 4.79 Å². The van der Waals surface area contributed by atoms with Crippen LogP contribution in [-0.2, 0) is 19.1 Å². The first-order chi connectivity index (χ1) is 7.84. The van der Waals surface area contributed by atoms with Gasteiger partial charge in [0.15, 0.2) is 0 Å². The Labute approximate surface area is 96.6 Å². The van der Waals surface area contributed by atoms with E-state index in [1.165, 1.54) is 6.92 Å². The molecule has 0 aromatic rings. The molecule has 3 amide bonds. The molecule has 0 aliphatic heterocycles. The Morgan fingerprint density at radius 3 is 2.29 bits per heavy atom. The molecule has 0 heterocycles. The second kappa shape index (κ2) is 6.99. The summed E-state index contributed by atoms with van der Waals surface area (Å²) in [6.45, 7) is 4.29. The van der Waals surface area contributed by atoms with E-state index in [0.29, 0.717) is 0 Å². The van der Waals surface area contributed by atoms with E-state index in [1.807, 2.05) is 10.6 Å². The van der Waals surface area contributed by atoms with Crippen LogP contribution < -0.4 is 10.6 Å². The zero-order valence-corrected chi connectivity index (χ0v) is 9.11. The molecule has 0 aromatic carbocycles. The summed E-state index contributed by atoms with van der Waals surface area (Å²) in [6.07, 6.45) is -0.998. The van der Waals surface area contributed by atoms with Gasteiger partial charge in [-0.1, -0.05) is 6.58 Å². The Morgan fingerprint density at radius 2 is 1.82 bits per heavy atom. The summed E-state index contributed by atoms with van der Waals surface area (Å²) in [5, 5.41) is 12.0. The SMILES string of the molecule is C=C(C)C(=O)NC(=O)OCCNC(=O)C(=O)O. The first kappa shape index (κ1) is 14.6. The molecule has 0 rings (SSSR count). The summed E-state index contributed by atoms with van der Waals surface area (Å²) >= 11 is 0. The van der Waals surface area contributed by atoms with Gasteiger partial charge in [-0.15, -0.1) is 0 Å². The Balaban J connectivity index is 3.73. The van der Waals surface area contributed by atoms with Crippen molar-refractivity contribution < 1.29 is 29.0 Å². The Bertz CT molecular complexity index is 362. The minimum absolute atomic E-state index is 0.140. The molecule has 0 saturated carbocycles. The van der Waals surface area contributed by atoms with Crippen LogP contribution in [0.25, 0.3) is 0 Å². The summed E-state index contributed by atoms with van der Waals surface area (Å²) in [5.74, 6) is -3.51. The van der Waals surface area contributed by atoms with Gasteiger partial charge in [0.25, 0.3) is 5.91 Å². The average Bonchev–Trinajstić information content (AvgIpc) is 2.23. The normalized spacial score (nSPS) is 9.00. The summed E-state index contributed by atoms with van der Waals surface area (Å²) in [5.41, 5.74) is 0.140. The molecule has 0 aromatic heterocycles. The van der Waals surface area contributed by atoms with Crippen molar-refractivity contribution in [3.8, 4) is 0 Å². The third-order valence-electron chi connectivity index (χ3n) is 1.42. The first-order valence-electron chi connectivity index (χ1n) is 4.49. The molecule has 8 nitrogen and oxygen atoms in total. The number of nitrogens with one attached hydrogen (secondary N) is 2. The van der Waals surface area contributed by atoms with Crippen LogP contribution >= 0.6 is 0 Å². The van der Waals surface area contributed by atoms with Gasteiger partial charge in [0, 0.05) is 5.57 Å². The molecule has 0 aliphatic rings. The fourth-order valence-electron chi connectivity index (χ4n) is 0.619. The quantitative estimate of drug-likeness (QED) is 0.332. The first-order valence-corrected chi connectivity index (χ1v) is 4.49. The molecule has 3 N–H and O–H groups in total. The molecular formula is C9H12N2O6. The molecular weight excluding hydrogens is 232 g/mol. The van der Waals surface area contributed by atoms with Crippen LogP contribution in [0.15, 0.2) is 12.2 Å². The van der Waals surface area contributed by atoms with Gasteiger partial charge >= 0.3 is 18.0 Å². The van der Waals surface area contributed by atoms with E-state index in [2.05, 4.69) is 11.3 Å². The van der Waals surface area contributed by atoms with Crippen molar-refractivity contribution >= 4 is 23.9 Å². The van der Waals surface area contributed by atoms with Crippen LogP contribution in [0.1, 0.15) is 6.92 Å². The van der Waals surface area contributed by atoms with Crippen molar-refractivity contribution in [2.45, 2.75) is 6.92 Å². The van der Waals surface area contributed by atoms with Gasteiger partial charge in [-0.25, -0.2) is 9.59 Å². The van der Waals surface area contributed by atoms with E-state index in [1.54, 1.807) is 0 Å². The van der Waals surface area contributed by atoms with Crippen LogP contribution in [0.3, 0.4) is 0 Å². The van der Waals surface area contributed by atoms with Crippen molar-refractivity contribution in [3.05, 3.63) is 12.2 Å². The second-order valence-corrected chi connectivity index (χ2v) is 2.93. The summed E-state index contributed by atoms with van der Waals surface area (Å²) in [4.78, 5) is 42.4. The van der Waals surface area contributed by atoms with E-state index < -0.39 is 23.9 Å². The lowest BCUT2D eigenvalue weighted by molar-refractivity contribution is -0.150. The van der Waals surface area contributed by atoms with Gasteiger partial charge in [-0.2, -0.15) is 0 Å². The van der Waals surface area contributed by atoms with Crippen molar-refractivity contribution in [1.82, 2.24) is 10.6 Å². The molecule has 0 unspecified atom stereocenters. The van der Waals surface area contributed by atoms with Crippen LogP contribution in [0.5, 0.6) is 0 Å². The van der Waals surface area contributed by atoms with Crippen molar-refractivity contribution in [2.75, 3.05) is 13.2 Å². The highest BCUT2D eigenvalue weighted by atomic mass is 16.5. The highest BCUT2D eigenvalue weighted by Crippen LogP contribution is 1.86. The van der Waals surface area contributed by atoms with E-state index in [9.17, 15) is 19.2 Å². The molecule has 0 aliphatic carbocycles. The lowest BCUT2D eigenvalue weighted by Crippen LogP contribution is -2.36. The molecule has 0 bridgehead atoms. The number of rotatable bonds is 4. The summed E-state index contributed by atoms with van der Waals surface area (Å²) < 4.78 is 4.47. The summed E-state index contributed by atoms with van der Waals surface area (Å²) in [6, 6.07) is 0. The minimum Gasteiger partial charge on any atom is -0.474 e. The fourth-order valence-corrected chi connectivity index (χ4v) is 0.619. The van der Waals surface area contributed by atoms with Crippen molar-refractivity contribution in [1.29, 1.82) is 0 Å². The van der Waals surface area contributed by atoms with E-state index in [-0.39, 0.29) is 18.7 Å². The van der Waals surface area contributed by atoms with Crippen LogP contribution in [0.2, 0.25) is 0 Å². The van der Waals surface area contributed by atoms with E-state index in [4.69, 9.17) is 5.11 Å². The predicted molar refractivity (Wildman–Crippen MR) is 55.0 cm³/mol. The standard InChI is InChI=1S/C9H12N2O6/c1-5(2)6(12)11-9(16)17-4-3-10-7(13)8(14)15/h1,3-4H2,2H3,(H,10,13)(H,14,15)(H,11,12,16). The molecule has 17 heavy (non-hydrogen) atoms. The molecule has 0 saturated heterocycles. The lowest BCUT2D eigenvalue weighted by Gasteiger charge is -2.05. The number of hydrogen-bond donors (Lipinski definition) is 3. The number of carboxylic acid groups (broad SMARTS) is 1. The minimum atomic E-state index is -1.63. The zero-order chi connectivity index (χ0) is 13.4. The van der Waals surface area contributed by atoms with Gasteiger partial charge in [0.05, 0.1) is 6.54 Å². The fraction of sp³-hybridized carbons (Fsp3) is 0.333. The number of carbonyl (C=O) groups is 4. The predicted octanol–water partition coefficient (Wildman–Crippen LogP) is -0.984. The van der Waals surface area contributed by atoms with Gasteiger partial charge in [0.1, 0.15) is 6.61 Å². The maximum atomic E-state index is 10.9. The smallest absolute Gasteiger partial charge is 0.414 e. The molecule has 0 radical (unpaired) electrons. The van der Waals surface area contributed by atoms with Crippen LogP contribution in [-0.4, -0.2) is 42.1 Å². The highest BCUT2D eigenvalue weighted by molar-refractivity contribution is 6.31. The Kier molecular flexibility index (Phi) is 6.01. The van der Waals surface area contributed by atoms with Gasteiger partial charge in [-0.05, 0) is 6.92 Å². The number of aliphatic carboxylic acids is 1. The number of ether oxygens (including phenoxy) is 1. The highest BCUT2D eigenvalue weighted by Gasteiger charge is 2.11. The number of carboxylic acids is 1. The lowest BCUT2D eigenvalue weighted by atomic mass is 10.3. The van der Waals surface area contributed by atoms with E-state index in [0.717, 1.165) is 0 Å². The Hall–Kier alpha value is -2.38. The second-order valence-electron chi connectivity index (χ2n) is 2.93. The number of carbonyl (C=O) groups excluding carboxylic acids is 3. The monoisotopic (exact) mass is 244 g/mol. The zero-order valence-electron chi connectivity index (χ0n) is 9.11.